The quantitative estimate of drug-likeness (QED) is 0.526. The Morgan fingerprint density at radius 3 is 2.45 bits per heavy atom. The molecule has 0 atom stereocenters. The number of aryl methyl sites for hydroxylation is 2. The highest BCUT2D eigenvalue weighted by atomic mass is 32.2. The van der Waals surface area contributed by atoms with Crippen LogP contribution in [0.3, 0.4) is 0 Å². The fraction of sp³-hybridized carbons (Fsp3) is 0.381. The highest BCUT2D eigenvalue weighted by molar-refractivity contribution is 8.00. The summed E-state index contributed by atoms with van der Waals surface area (Å²) in [7, 11) is 0. The van der Waals surface area contributed by atoms with E-state index < -0.39 is 0 Å². The molecule has 8 heteroatoms. The molecule has 0 saturated carbocycles. The second kappa shape index (κ2) is 9.28. The van der Waals surface area contributed by atoms with Gasteiger partial charge in [-0.2, -0.15) is 0 Å². The summed E-state index contributed by atoms with van der Waals surface area (Å²) < 4.78 is 1.09. The molecule has 1 fully saturated rings. The van der Waals surface area contributed by atoms with E-state index in [2.05, 4.69) is 37.8 Å². The SMILES string of the molecule is Cc1csc(SCc2ccc(C(=O)N3CCCN(c4nc(C)cs4)CC3)cc2)n1. The zero-order valence-electron chi connectivity index (χ0n) is 16.6. The lowest BCUT2D eigenvalue weighted by Gasteiger charge is -2.22. The van der Waals surface area contributed by atoms with Crippen LogP contribution in [0.1, 0.15) is 33.7 Å². The van der Waals surface area contributed by atoms with Crippen LogP contribution < -0.4 is 4.90 Å². The van der Waals surface area contributed by atoms with Crippen LogP contribution in [-0.2, 0) is 5.75 Å². The maximum absolute atomic E-state index is 13.0. The number of carbonyl (C=O) groups is 1. The third kappa shape index (κ3) is 5.18. The topological polar surface area (TPSA) is 49.3 Å². The summed E-state index contributed by atoms with van der Waals surface area (Å²) in [5, 5.41) is 5.22. The van der Waals surface area contributed by atoms with E-state index in [1.807, 2.05) is 30.9 Å². The van der Waals surface area contributed by atoms with E-state index in [1.165, 1.54) is 5.56 Å². The van der Waals surface area contributed by atoms with Crippen molar-refractivity contribution in [3.8, 4) is 0 Å². The molecule has 3 aromatic rings. The lowest BCUT2D eigenvalue weighted by atomic mass is 10.1. The predicted octanol–water partition coefficient (Wildman–Crippen LogP) is 4.86. The number of amides is 1. The molecule has 3 heterocycles. The van der Waals surface area contributed by atoms with Crippen molar-refractivity contribution in [1.29, 1.82) is 0 Å². The Morgan fingerprint density at radius 1 is 1.00 bits per heavy atom. The standard InChI is InChI=1S/C21H24N4OS3/c1-15-12-27-20(22-15)25-9-3-8-24(10-11-25)19(26)18-6-4-17(5-7-18)14-29-21-23-16(2)13-28-21/h4-7,12-13H,3,8-11,14H2,1-2H3. The molecule has 5 nitrogen and oxygen atoms in total. The number of benzene rings is 1. The number of nitrogens with zero attached hydrogens (tertiary/aromatic N) is 4. The van der Waals surface area contributed by atoms with Crippen LogP contribution in [0, 0.1) is 13.8 Å². The molecule has 4 rings (SSSR count). The Morgan fingerprint density at radius 2 is 1.76 bits per heavy atom. The summed E-state index contributed by atoms with van der Waals surface area (Å²) in [5.74, 6) is 0.991. The molecule has 0 spiro atoms. The number of hydrogen-bond acceptors (Lipinski definition) is 7. The molecule has 0 unspecified atom stereocenters. The minimum atomic E-state index is 0.122. The van der Waals surface area contributed by atoms with Gasteiger partial charge in [-0.25, -0.2) is 9.97 Å². The van der Waals surface area contributed by atoms with Crippen LogP contribution >= 0.6 is 34.4 Å². The largest absolute Gasteiger partial charge is 0.346 e. The van der Waals surface area contributed by atoms with E-state index in [4.69, 9.17) is 0 Å². The number of hydrogen-bond donors (Lipinski definition) is 0. The van der Waals surface area contributed by atoms with Crippen molar-refractivity contribution >= 4 is 45.5 Å². The summed E-state index contributed by atoms with van der Waals surface area (Å²) >= 11 is 5.10. The number of thioether (sulfide) groups is 1. The summed E-state index contributed by atoms with van der Waals surface area (Å²) in [5.41, 5.74) is 4.10. The maximum Gasteiger partial charge on any atom is 0.253 e. The second-order valence-electron chi connectivity index (χ2n) is 7.14. The van der Waals surface area contributed by atoms with E-state index >= 15 is 0 Å². The first-order valence-corrected chi connectivity index (χ1v) is 12.4. The van der Waals surface area contributed by atoms with Crippen LogP contribution in [-0.4, -0.2) is 47.0 Å². The monoisotopic (exact) mass is 444 g/mol. The highest BCUT2D eigenvalue weighted by Crippen LogP contribution is 2.26. The maximum atomic E-state index is 13.0. The van der Waals surface area contributed by atoms with E-state index in [0.717, 1.165) is 64.8 Å². The first-order valence-electron chi connectivity index (χ1n) is 9.69. The molecule has 1 amide bonds. The van der Waals surface area contributed by atoms with E-state index in [-0.39, 0.29) is 5.91 Å². The fourth-order valence-corrected chi connectivity index (χ4v) is 5.93. The van der Waals surface area contributed by atoms with Crippen molar-refractivity contribution in [2.24, 2.45) is 0 Å². The lowest BCUT2D eigenvalue weighted by molar-refractivity contribution is 0.0767. The summed E-state index contributed by atoms with van der Waals surface area (Å²) in [6.45, 7) is 7.34. The average Bonchev–Trinajstić information content (AvgIpc) is 3.26. The molecular formula is C21H24N4OS3. The van der Waals surface area contributed by atoms with Gasteiger partial charge in [0, 0.05) is 53.9 Å². The number of carbonyl (C=O) groups excluding carboxylic acids is 1. The van der Waals surface area contributed by atoms with Crippen molar-refractivity contribution in [3.63, 3.8) is 0 Å². The molecule has 1 aliphatic heterocycles. The normalized spacial score (nSPS) is 14.8. The molecule has 29 heavy (non-hydrogen) atoms. The number of thiazole rings is 2. The van der Waals surface area contributed by atoms with Crippen LogP contribution in [0.25, 0.3) is 0 Å². The van der Waals surface area contributed by atoms with Gasteiger partial charge in [-0.3, -0.25) is 4.79 Å². The molecule has 1 saturated heterocycles. The summed E-state index contributed by atoms with van der Waals surface area (Å²) in [4.78, 5) is 26.3. The third-order valence-electron chi connectivity index (χ3n) is 4.82. The summed E-state index contributed by atoms with van der Waals surface area (Å²) in [6.07, 6.45) is 0.965. The van der Waals surface area contributed by atoms with Crippen LogP contribution in [0.2, 0.25) is 0 Å². The second-order valence-corrected chi connectivity index (χ2v) is 10.1. The molecule has 2 aromatic heterocycles. The van der Waals surface area contributed by atoms with Crippen LogP contribution in [0.5, 0.6) is 0 Å². The van der Waals surface area contributed by atoms with Gasteiger partial charge in [0.05, 0.1) is 5.69 Å². The molecular weight excluding hydrogens is 420 g/mol. The van der Waals surface area contributed by atoms with Crippen LogP contribution in [0.15, 0.2) is 39.4 Å². The summed E-state index contributed by atoms with van der Waals surface area (Å²) in [6, 6.07) is 8.03. The molecule has 1 aromatic carbocycles. The number of aromatic nitrogens is 2. The minimum Gasteiger partial charge on any atom is -0.346 e. The van der Waals surface area contributed by atoms with Crippen molar-refractivity contribution in [1.82, 2.24) is 14.9 Å². The number of anilines is 1. The van der Waals surface area contributed by atoms with Gasteiger partial charge in [0.2, 0.25) is 0 Å². The predicted molar refractivity (Wildman–Crippen MR) is 122 cm³/mol. The zero-order valence-corrected chi connectivity index (χ0v) is 19.1. The van der Waals surface area contributed by atoms with Gasteiger partial charge >= 0.3 is 0 Å². The van der Waals surface area contributed by atoms with Gasteiger partial charge in [0.1, 0.15) is 4.34 Å². The van der Waals surface area contributed by atoms with Gasteiger partial charge in [0.25, 0.3) is 5.91 Å². The Kier molecular flexibility index (Phi) is 6.52. The van der Waals surface area contributed by atoms with Gasteiger partial charge in [-0.1, -0.05) is 23.9 Å². The lowest BCUT2D eigenvalue weighted by Crippen LogP contribution is -2.35. The molecule has 0 bridgehead atoms. The van der Waals surface area contributed by atoms with Gasteiger partial charge < -0.3 is 9.80 Å². The van der Waals surface area contributed by atoms with Gasteiger partial charge in [-0.15, -0.1) is 22.7 Å². The molecule has 1 aliphatic rings. The van der Waals surface area contributed by atoms with E-state index in [9.17, 15) is 4.79 Å². The molecule has 0 radical (unpaired) electrons. The number of rotatable bonds is 5. The molecule has 0 N–H and O–H groups in total. The molecule has 152 valence electrons. The Balaban J connectivity index is 1.34. The van der Waals surface area contributed by atoms with E-state index in [1.54, 1.807) is 34.4 Å². The van der Waals surface area contributed by atoms with Crippen molar-refractivity contribution in [3.05, 3.63) is 57.5 Å². The van der Waals surface area contributed by atoms with Crippen LogP contribution in [0.4, 0.5) is 5.13 Å². The van der Waals surface area contributed by atoms with E-state index in [0.29, 0.717) is 0 Å². The fourth-order valence-electron chi connectivity index (χ4n) is 3.27. The van der Waals surface area contributed by atoms with Gasteiger partial charge in [-0.05, 0) is 38.0 Å². The highest BCUT2D eigenvalue weighted by Gasteiger charge is 2.21. The Labute approximate surface area is 183 Å². The van der Waals surface area contributed by atoms with Gasteiger partial charge in [0.15, 0.2) is 5.13 Å². The minimum absolute atomic E-state index is 0.122. The Hall–Kier alpha value is -1.90. The molecule has 0 aliphatic carbocycles. The zero-order chi connectivity index (χ0) is 20.2. The third-order valence-corrected chi connectivity index (χ3v) is 8.05. The van der Waals surface area contributed by atoms with Crippen molar-refractivity contribution in [2.75, 3.05) is 31.1 Å². The first-order chi connectivity index (χ1) is 14.1. The van der Waals surface area contributed by atoms with Crippen molar-refractivity contribution in [2.45, 2.75) is 30.4 Å². The van der Waals surface area contributed by atoms with Crippen molar-refractivity contribution < 1.29 is 4.79 Å². The smallest absolute Gasteiger partial charge is 0.253 e. The first kappa shape index (κ1) is 20.4. The Bertz CT molecular complexity index is 966. The average molecular weight is 445 g/mol.